The van der Waals surface area contributed by atoms with Gasteiger partial charge in [-0.3, -0.25) is 0 Å². The number of hydrogen-bond donors (Lipinski definition) is 1. The lowest BCUT2D eigenvalue weighted by molar-refractivity contribution is 0.140. The van der Waals surface area contributed by atoms with Gasteiger partial charge in [0.05, 0.1) is 6.54 Å². The molecule has 2 rings (SSSR count). The number of ether oxygens (including phenoxy) is 1. The lowest BCUT2D eigenvalue weighted by Crippen LogP contribution is -2.23. The fraction of sp³-hybridized carbons (Fsp3) is 0.500. The molecule has 0 spiro atoms. The number of methoxy groups -OCH3 is 1. The first kappa shape index (κ1) is 15.9. The molecular weight excluding hydrogens is 334 g/mol. The Labute approximate surface area is 132 Å². The van der Waals surface area contributed by atoms with Gasteiger partial charge in [0.15, 0.2) is 5.82 Å². The van der Waals surface area contributed by atoms with E-state index in [1.54, 1.807) is 7.11 Å². The number of anilines is 1. The van der Waals surface area contributed by atoms with E-state index in [2.05, 4.69) is 45.3 Å². The number of rotatable bonds is 6. The van der Waals surface area contributed by atoms with Crippen LogP contribution in [0.25, 0.3) is 11.4 Å². The summed E-state index contributed by atoms with van der Waals surface area (Å²) in [5.41, 5.74) is 7.49. The second-order valence-corrected chi connectivity index (χ2v) is 6.76. The first-order valence-corrected chi connectivity index (χ1v) is 7.52. The van der Waals surface area contributed by atoms with Crippen LogP contribution >= 0.6 is 15.9 Å². The fourth-order valence-electron chi connectivity index (χ4n) is 2.12. The van der Waals surface area contributed by atoms with Gasteiger partial charge in [-0.05, 0) is 40.5 Å². The Morgan fingerprint density at radius 3 is 2.76 bits per heavy atom. The molecule has 1 aromatic heterocycles. The van der Waals surface area contributed by atoms with Gasteiger partial charge >= 0.3 is 0 Å². The molecule has 7 heteroatoms. The van der Waals surface area contributed by atoms with Crippen LogP contribution in [0, 0.1) is 5.41 Å². The lowest BCUT2D eigenvalue weighted by Gasteiger charge is -2.24. The third-order valence-electron chi connectivity index (χ3n) is 3.27. The van der Waals surface area contributed by atoms with Crippen molar-refractivity contribution in [3.63, 3.8) is 0 Å². The Balaban J connectivity index is 2.26. The number of aromatic nitrogens is 4. The van der Waals surface area contributed by atoms with Gasteiger partial charge in [-0.15, -0.1) is 5.10 Å². The summed E-state index contributed by atoms with van der Waals surface area (Å²) >= 11 is 3.44. The van der Waals surface area contributed by atoms with Gasteiger partial charge in [0.2, 0.25) is 0 Å². The molecule has 6 nitrogen and oxygen atoms in total. The lowest BCUT2D eigenvalue weighted by atomic mass is 9.89. The zero-order chi connectivity index (χ0) is 15.5. The molecule has 0 aliphatic rings. The van der Waals surface area contributed by atoms with Crippen LogP contribution in [0.15, 0.2) is 22.7 Å². The summed E-state index contributed by atoms with van der Waals surface area (Å²) in [6, 6.07) is 5.68. The molecule has 2 N–H and O–H groups in total. The predicted octanol–water partition coefficient (Wildman–Crippen LogP) is 2.75. The highest BCUT2D eigenvalue weighted by Crippen LogP contribution is 2.28. The summed E-state index contributed by atoms with van der Waals surface area (Å²) in [5.74, 6) is 0.716. The maximum Gasteiger partial charge on any atom is 0.182 e. The number of nitrogens with two attached hydrogens (primary N) is 1. The number of hydrogen-bond acceptors (Lipinski definition) is 5. The maximum atomic E-state index is 5.88. The molecule has 0 aliphatic carbocycles. The molecular formula is C14H20BrN5O. The van der Waals surface area contributed by atoms with Crippen molar-refractivity contribution in [1.82, 2.24) is 20.2 Å². The first-order valence-electron chi connectivity index (χ1n) is 6.73. The van der Waals surface area contributed by atoms with Crippen LogP contribution < -0.4 is 5.73 Å². The van der Waals surface area contributed by atoms with Crippen molar-refractivity contribution in [3.8, 4) is 11.4 Å². The van der Waals surface area contributed by atoms with Crippen LogP contribution in [-0.4, -0.2) is 33.9 Å². The van der Waals surface area contributed by atoms with E-state index in [4.69, 9.17) is 10.5 Å². The smallest absolute Gasteiger partial charge is 0.182 e. The van der Waals surface area contributed by atoms with E-state index in [1.807, 2.05) is 22.9 Å². The van der Waals surface area contributed by atoms with Crippen molar-refractivity contribution < 1.29 is 4.74 Å². The van der Waals surface area contributed by atoms with Crippen LogP contribution in [0.1, 0.15) is 20.3 Å². The molecule has 0 saturated heterocycles. The minimum absolute atomic E-state index is 0.0394. The number of nitrogen functional groups attached to an aromatic ring is 1. The van der Waals surface area contributed by atoms with E-state index in [-0.39, 0.29) is 5.41 Å². The standard InChI is InChI=1S/C14H20BrN5O/c1-14(2,4-5-21-3)9-20-13(17-18-19-20)10-6-11(15)8-12(16)7-10/h6-8H,4-5,9,16H2,1-3H3. The molecule has 0 bridgehead atoms. The zero-order valence-corrected chi connectivity index (χ0v) is 14.1. The Hall–Kier alpha value is -1.47. The monoisotopic (exact) mass is 353 g/mol. The molecule has 1 heterocycles. The van der Waals surface area contributed by atoms with Gasteiger partial charge in [-0.1, -0.05) is 29.8 Å². The molecule has 0 unspecified atom stereocenters. The van der Waals surface area contributed by atoms with Gasteiger partial charge in [-0.25, -0.2) is 4.68 Å². The first-order chi connectivity index (χ1) is 9.91. The van der Waals surface area contributed by atoms with Crippen LogP contribution in [-0.2, 0) is 11.3 Å². The SMILES string of the molecule is COCCC(C)(C)Cn1nnnc1-c1cc(N)cc(Br)c1. The highest BCUT2D eigenvalue weighted by atomic mass is 79.9. The summed E-state index contributed by atoms with van der Waals surface area (Å²) in [7, 11) is 1.71. The minimum atomic E-state index is 0.0394. The summed E-state index contributed by atoms with van der Waals surface area (Å²) in [6.07, 6.45) is 0.934. The van der Waals surface area contributed by atoms with Crippen molar-refractivity contribution in [1.29, 1.82) is 0 Å². The number of tetrazole rings is 1. The van der Waals surface area contributed by atoms with E-state index >= 15 is 0 Å². The van der Waals surface area contributed by atoms with Crippen molar-refractivity contribution >= 4 is 21.6 Å². The molecule has 0 saturated carbocycles. The van der Waals surface area contributed by atoms with E-state index in [0.717, 1.165) is 16.5 Å². The molecule has 2 aromatic rings. The molecule has 114 valence electrons. The van der Waals surface area contributed by atoms with E-state index < -0.39 is 0 Å². The number of benzene rings is 1. The topological polar surface area (TPSA) is 78.8 Å². The second-order valence-electron chi connectivity index (χ2n) is 5.84. The number of nitrogens with zero attached hydrogens (tertiary/aromatic N) is 4. The summed E-state index contributed by atoms with van der Waals surface area (Å²) in [4.78, 5) is 0. The van der Waals surface area contributed by atoms with Crippen molar-refractivity contribution in [2.45, 2.75) is 26.8 Å². The zero-order valence-electron chi connectivity index (χ0n) is 12.5. The molecule has 0 aliphatic heterocycles. The molecule has 0 fully saturated rings. The fourth-order valence-corrected chi connectivity index (χ4v) is 2.63. The van der Waals surface area contributed by atoms with Crippen LogP contribution in [0.2, 0.25) is 0 Å². The highest BCUT2D eigenvalue weighted by molar-refractivity contribution is 9.10. The van der Waals surface area contributed by atoms with Crippen molar-refractivity contribution in [3.05, 3.63) is 22.7 Å². The van der Waals surface area contributed by atoms with E-state index in [0.29, 0.717) is 24.7 Å². The molecule has 0 radical (unpaired) electrons. The molecule has 0 atom stereocenters. The summed E-state index contributed by atoms with van der Waals surface area (Å²) < 4.78 is 7.88. The minimum Gasteiger partial charge on any atom is -0.399 e. The maximum absolute atomic E-state index is 5.88. The molecule has 21 heavy (non-hydrogen) atoms. The van der Waals surface area contributed by atoms with Crippen LogP contribution in [0.3, 0.4) is 0 Å². The average Bonchev–Trinajstić information content (AvgIpc) is 2.82. The third kappa shape index (κ3) is 4.25. The Morgan fingerprint density at radius 1 is 1.33 bits per heavy atom. The largest absolute Gasteiger partial charge is 0.399 e. The van der Waals surface area contributed by atoms with Crippen molar-refractivity contribution in [2.24, 2.45) is 5.41 Å². The third-order valence-corrected chi connectivity index (χ3v) is 3.73. The quantitative estimate of drug-likeness (QED) is 0.807. The predicted molar refractivity (Wildman–Crippen MR) is 85.6 cm³/mol. The van der Waals surface area contributed by atoms with E-state index in [1.165, 1.54) is 0 Å². The summed E-state index contributed by atoms with van der Waals surface area (Å²) in [6.45, 7) is 5.78. The molecule has 0 amide bonds. The second kappa shape index (κ2) is 6.53. The van der Waals surface area contributed by atoms with Gasteiger partial charge in [0.25, 0.3) is 0 Å². The molecule has 1 aromatic carbocycles. The Bertz CT molecular complexity index is 591. The van der Waals surface area contributed by atoms with Gasteiger partial charge in [0.1, 0.15) is 0 Å². The average molecular weight is 354 g/mol. The normalized spacial score (nSPS) is 11.8. The summed E-state index contributed by atoms with van der Waals surface area (Å²) in [5, 5.41) is 12.0. The van der Waals surface area contributed by atoms with Crippen LogP contribution in [0.5, 0.6) is 0 Å². The highest BCUT2D eigenvalue weighted by Gasteiger charge is 2.22. The van der Waals surface area contributed by atoms with Crippen LogP contribution in [0.4, 0.5) is 5.69 Å². The van der Waals surface area contributed by atoms with Gasteiger partial charge < -0.3 is 10.5 Å². The number of halogens is 1. The van der Waals surface area contributed by atoms with Gasteiger partial charge in [-0.2, -0.15) is 0 Å². The van der Waals surface area contributed by atoms with Crippen molar-refractivity contribution in [2.75, 3.05) is 19.5 Å². The Kier molecular flexibility index (Phi) is 4.95. The Morgan fingerprint density at radius 2 is 2.10 bits per heavy atom. The van der Waals surface area contributed by atoms with Gasteiger partial charge in [0, 0.05) is 29.4 Å². The van der Waals surface area contributed by atoms with E-state index in [9.17, 15) is 0 Å².